The zero-order valence-corrected chi connectivity index (χ0v) is 13.8. The average molecular weight is 294 g/mol. The van der Waals surface area contributed by atoms with E-state index < -0.39 is 0 Å². The maximum absolute atomic E-state index is 2.51. The van der Waals surface area contributed by atoms with E-state index in [1.807, 2.05) is 0 Å². The van der Waals surface area contributed by atoms with Gasteiger partial charge in [-0.3, -0.25) is 0 Å². The van der Waals surface area contributed by atoms with Gasteiger partial charge >= 0.3 is 0 Å². The second-order valence-electron chi connectivity index (χ2n) is 6.14. The van der Waals surface area contributed by atoms with Crippen molar-refractivity contribution in [2.75, 3.05) is 31.1 Å². The minimum atomic E-state index is 1.05. The summed E-state index contributed by atoms with van der Waals surface area (Å²) in [7, 11) is 0. The van der Waals surface area contributed by atoms with Crippen molar-refractivity contribution >= 4 is 5.69 Å². The molecule has 3 rings (SSSR count). The van der Waals surface area contributed by atoms with Gasteiger partial charge in [0.05, 0.1) is 0 Å². The Kier molecular flexibility index (Phi) is 4.67. The summed E-state index contributed by atoms with van der Waals surface area (Å²) in [6.07, 6.45) is 11.3. The van der Waals surface area contributed by atoms with Gasteiger partial charge in [0.15, 0.2) is 0 Å². The van der Waals surface area contributed by atoms with Gasteiger partial charge in [-0.1, -0.05) is 42.9 Å². The second kappa shape index (κ2) is 6.87. The fourth-order valence-corrected chi connectivity index (χ4v) is 3.12. The largest absolute Gasteiger partial charge is 0.368 e. The maximum Gasteiger partial charge on any atom is 0.0367 e. The molecule has 0 amide bonds. The van der Waals surface area contributed by atoms with E-state index in [4.69, 9.17) is 0 Å². The van der Waals surface area contributed by atoms with Gasteiger partial charge in [-0.15, -0.1) is 0 Å². The van der Waals surface area contributed by atoms with Crippen molar-refractivity contribution in [3.05, 3.63) is 65.4 Å². The SMILES string of the molecule is CCc1ccc(N2CCN(C3=CCC=C(C)C=C3)CC2)cc1. The van der Waals surface area contributed by atoms with Crippen LogP contribution in [-0.2, 0) is 6.42 Å². The molecule has 0 unspecified atom stereocenters. The fourth-order valence-electron chi connectivity index (χ4n) is 3.12. The zero-order chi connectivity index (χ0) is 15.4. The molecule has 2 nitrogen and oxygen atoms in total. The first kappa shape index (κ1) is 15.0. The van der Waals surface area contributed by atoms with Crippen molar-refractivity contribution in [1.82, 2.24) is 4.90 Å². The summed E-state index contributed by atoms with van der Waals surface area (Å²) in [6, 6.07) is 9.05. The number of piperazine rings is 1. The molecule has 1 heterocycles. The molecule has 0 radical (unpaired) electrons. The Bertz CT molecular complexity index is 585. The van der Waals surface area contributed by atoms with Crippen LogP contribution in [0.5, 0.6) is 0 Å². The predicted molar refractivity (Wildman–Crippen MR) is 95.2 cm³/mol. The molecule has 1 aliphatic heterocycles. The van der Waals surface area contributed by atoms with Gasteiger partial charge in [-0.2, -0.15) is 0 Å². The van der Waals surface area contributed by atoms with Gasteiger partial charge in [0.25, 0.3) is 0 Å². The van der Waals surface area contributed by atoms with Gasteiger partial charge in [0.2, 0.25) is 0 Å². The molecule has 116 valence electrons. The summed E-state index contributed by atoms with van der Waals surface area (Å²) >= 11 is 0. The third kappa shape index (κ3) is 3.44. The molecular formula is C20H26N2. The smallest absolute Gasteiger partial charge is 0.0367 e. The lowest BCUT2D eigenvalue weighted by Gasteiger charge is -2.38. The molecule has 0 bridgehead atoms. The lowest BCUT2D eigenvalue weighted by Crippen LogP contribution is -2.45. The Morgan fingerprint density at radius 1 is 0.864 bits per heavy atom. The molecule has 1 aromatic carbocycles. The molecule has 0 N–H and O–H groups in total. The van der Waals surface area contributed by atoms with Gasteiger partial charge in [-0.25, -0.2) is 0 Å². The van der Waals surface area contributed by atoms with Crippen LogP contribution in [0.15, 0.2) is 59.8 Å². The van der Waals surface area contributed by atoms with E-state index >= 15 is 0 Å². The van der Waals surface area contributed by atoms with Crippen LogP contribution < -0.4 is 4.90 Å². The number of allylic oxidation sites excluding steroid dienone is 5. The number of hydrogen-bond donors (Lipinski definition) is 0. The van der Waals surface area contributed by atoms with Crippen molar-refractivity contribution in [1.29, 1.82) is 0 Å². The van der Waals surface area contributed by atoms with E-state index in [1.54, 1.807) is 0 Å². The highest BCUT2D eigenvalue weighted by Gasteiger charge is 2.18. The molecule has 1 fully saturated rings. The summed E-state index contributed by atoms with van der Waals surface area (Å²) in [5.74, 6) is 0. The first-order valence-corrected chi connectivity index (χ1v) is 8.40. The van der Waals surface area contributed by atoms with Gasteiger partial charge in [-0.05, 0) is 43.5 Å². The Hall–Kier alpha value is -1.96. The summed E-state index contributed by atoms with van der Waals surface area (Å²) in [5.41, 5.74) is 5.52. The second-order valence-corrected chi connectivity index (χ2v) is 6.14. The first-order chi connectivity index (χ1) is 10.8. The molecule has 2 heteroatoms. The van der Waals surface area contributed by atoms with Crippen molar-refractivity contribution < 1.29 is 0 Å². The molecular weight excluding hydrogens is 268 g/mol. The van der Waals surface area contributed by atoms with E-state index in [-0.39, 0.29) is 0 Å². The van der Waals surface area contributed by atoms with Crippen molar-refractivity contribution in [3.63, 3.8) is 0 Å². The Morgan fingerprint density at radius 2 is 1.55 bits per heavy atom. The van der Waals surface area contributed by atoms with E-state index in [2.05, 4.69) is 72.2 Å². The highest BCUT2D eigenvalue weighted by Crippen LogP contribution is 2.21. The van der Waals surface area contributed by atoms with Crippen LogP contribution in [0.3, 0.4) is 0 Å². The van der Waals surface area contributed by atoms with Crippen LogP contribution in [-0.4, -0.2) is 31.1 Å². The van der Waals surface area contributed by atoms with Gasteiger partial charge in [0.1, 0.15) is 0 Å². The topological polar surface area (TPSA) is 6.48 Å². The summed E-state index contributed by atoms with van der Waals surface area (Å²) in [4.78, 5) is 5.01. The molecule has 22 heavy (non-hydrogen) atoms. The Balaban J connectivity index is 1.60. The van der Waals surface area contributed by atoms with Crippen molar-refractivity contribution in [2.45, 2.75) is 26.7 Å². The van der Waals surface area contributed by atoms with Crippen LogP contribution >= 0.6 is 0 Å². The van der Waals surface area contributed by atoms with Crippen LogP contribution in [0.1, 0.15) is 25.8 Å². The van der Waals surface area contributed by atoms with E-state index in [0.29, 0.717) is 0 Å². The lowest BCUT2D eigenvalue weighted by molar-refractivity contribution is 0.330. The lowest BCUT2D eigenvalue weighted by atomic mass is 10.1. The number of hydrogen-bond acceptors (Lipinski definition) is 2. The third-order valence-electron chi connectivity index (χ3n) is 4.64. The first-order valence-electron chi connectivity index (χ1n) is 8.40. The normalized spacial score (nSPS) is 18.8. The monoisotopic (exact) mass is 294 g/mol. The summed E-state index contributed by atoms with van der Waals surface area (Å²) in [5, 5.41) is 0. The van der Waals surface area contributed by atoms with Crippen LogP contribution in [0.2, 0.25) is 0 Å². The third-order valence-corrected chi connectivity index (χ3v) is 4.64. The van der Waals surface area contributed by atoms with Crippen LogP contribution in [0.4, 0.5) is 5.69 Å². The Labute approximate surface area is 134 Å². The highest BCUT2D eigenvalue weighted by atomic mass is 15.3. The molecule has 1 aliphatic carbocycles. The molecule has 1 saturated heterocycles. The summed E-state index contributed by atoms with van der Waals surface area (Å²) < 4.78 is 0. The molecule has 0 saturated carbocycles. The molecule has 0 aromatic heterocycles. The van der Waals surface area contributed by atoms with E-state index in [0.717, 1.165) is 39.0 Å². The predicted octanol–water partition coefficient (Wildman–Crippen LogP) is 4.16. The maximum atomic E-state index is 2.51. The average Bonchev–Trinajstić information content (AvgIpc) is 2.80. The molecule has 2 aliphatic rings. The molecule has 0 atom stereocenters. The number of aryl methyl sites for hydroxylation is 1. The minimum Gasteiger partial charge on any atom is -0.368 e. The van der Waals surface area contributed by atoms with Gasteiger partial charge < -0.3 is 9.80 Å². The van der Waals surface area contributed by atoms with Gasteiger partial charge in [0, 0.05) is 37.6 Å². The van der Waals surface area contributed by atoms with E-state index in [1.165, 1.54) is 22.5 Å². The molecule has 0 spiro atoms. The standard InChI is InChI=1S/C20H26N2/c1-3-18-8-11-20(12-9-18)22-15-13-21(14-16-22)19-6-4-5-17(2)7-10-19/h5-12H,3-4,13-16H2,1-2H3. The number of benzene rings is 1. The highest BCUT2D eigenvalue weighted by molar-refractivity contribution is 5.48. The fraction of sp³-hybridized carbons (Fsp3) is 0.400. The van der Waals surface area contributed by atoms with Crippen molar-refractivity contribution in [2.24, 2.45) is 0 Å². The quantitative estimate of drug-likeness (QED) is 0.826. The zero-order valence-electron chi connectivity index (χ0n) is 13.8. The van der Waals surface area contributed by atoms with Crippen LogP contribution in [0, 0.1) is 0 Å². The summed E-state index contributed by atoms with van der Waals surface area (Å²) in [6.45, 7) is 8.78. The van der Waals surface area contributed by atoms with Crippen LogP contribution in [0.25, 0.3) is 0 Å². The Morgan fingerprint density at radius 3 is 2.23 bits per heavy atom. The number of rotatable bonds is 3. The minimum absolute atomic E-state index is 1.05. The molecule has 1 aromatic rings. The number of anilines is 1. The van der Waals surface area contributed by atoms with Crippen molar-refractivity contribution in [3.8, 4) is 0 Å². The van der Waals surface area contributed by atoms with E-state index in [9.17, 15) is 0 Å². The number of nitrogens with zero attached hydrogens (tertiary/aromatic N) is 2.